The first-order valence-electron chi connectivity index (χ1n) is 12.0. The number of fused-ring (bicyclic) bond motifs is 1. The summed E-state index contributed by atoms with van der Waals surface area (Å²) in [5.41, 5.74) is 1.36. The van der Waals surface area contributed by atoms with Crippen molar-refractivity contribution in [1.29, 1.82) is 0 Å². The molecule has 2 aliphatic heterocycles. The molecule has 0 saturated carbocycles. The van der Waals surface area contributed by atoms with E-state index in [1.165, 1.54) is 0 Å². The van der Waals surface area contributed by atoms with Gasteiger partial charge in [0.15, 0.2) is 5.69 Å². The highest BCUT2D eigenvalue weighted by Crippen LogP contribution is 2.40. The van der Waals surface area contributed by atoms with Crippen LogP contribution in [0, 0.1) is 0 Å². The van der Waals surface area contributed by atoms with E-state index in [1.807, 2.05) is 26.0 Å². The van der Waals surface area contributed by atoms with Crippen molar-refractivity contribution in [2.45, 2.75) is 63.6 Å². The number of hydrogen-bond donors (Lipinski definition) is 1. The van der Waals surface area contributed by atoms with E-state index in [2.05, 4.69) is 30.3 Å². The lowest BCUT2D eigenvalue weighted by molar-refractivity contribution is -0.192. The van der Waals surface area contributed by atoms with Gasteiger partial charge in [0.1, 0.15) is 17.9 Å². The summed E-state index contributed by atoms with van der Waals surface area (Å²) in [6, 6.07) is 3.86. The average Bonchev–Trinajstić information content (AvgIpc) is 3.57. The molecule has 0 aromatic carbocycles. The zero-order chi connectivity index (χ0) is 26.8. The highest BCUT2D eigenvalue weighted by Gasteiger charge is 2.45. The molecule has 0 bridgehead atoms. The zero-order valence-corrected chi connectivity index (χ0v) is 21.3. The monoisotopic (exact) mass is 539 g/mol. The molecule has 13 heteroatoms. The molecule has 5 rings (SSSR count). The summed E-state index contributed by atoms with van der Waals surface area (Å²) < 4.78 is 38.3. The summed E-state index contributed by atoms with van der Waals surface area (Å²) in [6.45, 7) is 6.73. The Labute approximate surface area is 215 Å². The number of carbonyl (C=O) groups excluding carboxylic acids is 1. The summed E-state index contributed by atoms with van der Waals surface area (Å²) in [4.78, 5) is 35.7. The van der Waals surface area contributed by atoms with Crippen LogP contribution in [0.5, 0.6) is 0 Å². The number of rotatable bonds is 3. The molecule has 3 aromatic rings. The first-order chi connectivity index (χ1) is 17.5. The number of carbonyl (C=O) groups is 2. The van der Waals surface area contributed by atoms with E-state index in [-0.39, 0.29) is 17.4 Å². The standard InChI is InChI=1S/C22H27N5O2S.C2HF3O2/c1-15(2)18-13-17(25-29-18)21(28)27-10-4-7-22(27)6-3-9-26(11-8-22)20-19-16(5-12-30-19)23-14-24-20;3-2(4,5)1(6)7/h5,12-15H,3-4,6-11H2,1-2H3;(H,6,7). The number of aliphatic carboxylic acids is 1. The highest BCUT2D eigenvalue weighted by molar-refractivity contribution is 7.17. The molecule has 2 aliphatic rings. The van der Waals surface area contributed by atoms with Gasteiger partial charge in [0.05, 0.1) is 10.2 Å². The van der Waals surface area contributed by atoms with Crippen LogP contribution < -0.4 is 4.90 Å². The van der Waals surface area contributed by atoms with E-state index >= 15 is 0 Å². The van der Waals surface area contributed by atoms with Crippen LogP contribution in [0.4, 0.5) is 19.0 Å². The number of thiophene rings is 1. The third kappa shape index (κ3) is 5.71. The van der Waals surface area contributed by atoms with Gasteiger partial charge in [0.25, 0.3) is 5.91 Å². The Morgan fingerprint density at radius 1 is 1.14 bits per heavy atom. The Bertz CT molecular complexity index is 1260. The minimum absolute atomic E-state index is 0.0132. The Morgan fingerprint density at radius 2 is 1.84 bits per heavy atom. The molecule has 5 heterocycles. The van der Waals surface area contributed by atoms with Gasteiger partial charge in [-0.15, -0.1) is 11.3 Å². The van der Waals surface area contributed by atoms with Crippen molar-refractivity contribution in [2.24, 2.45) is 0 Å². The normalized spacial score (nSPS) is 20.3. The zero-order valence-electron chi connectivity index (χ0n) is 20.5. The number of nitrogens with zero attached hydrogens (tertiary/aromatic N) is 5. The van der Waals surface area contributed by atoms with Crippen LogP contribution in [0.2, 0.25) is 0 Å². The molecule has 1 spiro atoms. The lowest BCUT2D eigenvalue weighted by Gasteiger charge is -2.37. The van der Waals surface area contributed by atoms with Gasteiger partial charge >= 0.3 is 12.1 Å². The molecule has 1 N–H and O–H groups in total. The first kappa shape index (κ1) is 26.8. The second kappa shape index (κ2) is 10.6. The lowest BCUT2D eigenvalue weighted by atomic mass is 9.87. The van der Waals surface area contributed by atoms with Crippen molar-refractivity contribution in [3.05, 3.63) is 35.3 Å². The second-order valence-corrected chi connectivity index (χ2v) is 10.4. The molecule has 2 saturated heterocycles. The van der Waals surface area contributed by atoms with Gasteiger partial charge in [-0.3, -0.25) is 4.79 Å². The van der Waals surface area contributed by atoms with Crippen LogP contribution >= 0.6 is 11.3 Å². The molecule has 3 aromatic heterocycles. The Hall–Kier alpha value is -3.22. The molecule has 0 aliphatic carbocycles. The summed E-state index contributed by atoms with van der Waals surface area (Å²) in [6.07, 6.45) is 1.68. The molecule has 9 nitrogen and oxygen atoms in total. The molecule has 2 fully saturated rings. The SMILES string of the molecule is CC(C)c1cc(C(=O)N2CCCC23CCCN(c2ncnc4ccsc24)CC3)no1.O=C(O)C(F)(F)F. The van der Waals surface area contributed by atoms with E-state index in [4.69, 9.17) is 14.4 Å². The number of likely N-dealkylation sites (tertiary alicyclic amines) is 1. The van der Waals surface area contributed by atoms with Crippen molar-refractivity contribution in [3.8, 4) is 0 Å². The van der Waals surface area contributed by atoms with Crippen LogP contribution in [0.1, 0.15) is 68.1 Å². The fourth-order valence-corrected chi connectivity index (χ4v) is 5.83. The molecule has 1 unspecified atom stereocenters. The maximum absolute atomic E-state index is 13.3. The minimum Gasteiger partial charge on any atom is -0.475 e. The van der Waals surface area contributed by atoms with Gasteiger partial charge in [-0.1, -0.05) is 19.0 Å². The molecule has 1 atom stereocenters. The predicted octanol–water partition coefficient (Wildman–Crippen LogP) is 5.10. The molecule has 200 valence electrons. The van der Waals surface area contributed by atoms with Crippen molar-refractivity contribution in [1.82, 2.24) is 20.0 Å². The number of hydrogen-bond acceptors (Lipinski definition) is 8. The summed E-state index contributed by atoms with van der Waals surface area (Å²) >= 11 is 1.70. The van der Waals surface area contributed by atoms with Crippen molar-refractivity contribution < 1.29 is 32.4 Å². The highest BCUT2D eigenvalue weighted by atomic mass is 32.1. The number of anilines is 1. The number of carboxylic acids is 1. The predicted molar refractivity (Wildman–Crippen MR) is 131 cm³/mol. The number of alkyl halides is 3. The van der Waals surface area contributed by atoms with E-state index in [0.717, 1.165) is 73.5 Å². The van der Waals surface area contributed by atoms with Crippen LogP contribution in [0.15, 0.2) is 28.4 Å². The molecule has 0 radical (unpaired) electrons. The van der Waals surface area contributed by atoms with Gasteiger partial charge < -0.3 is 19.4 Å². The summed E-state index contributed by atoms with van der Waals surface area (Å²) in [5, 5.41) is 13.3. The smallest absolute Gasteiger partial charge is 0.475 e. The second-order valence-electron chi connectivity index (χ2n) is 9.53. The summed E-state index contributed by atoms with van der Waals surface area (Å²) in [7, 11) is 0. The van der Waals surface area contributed by atoms with Crippen LogP contribution in [-0.4, -0.2) is 68.4 Å². The largest absolute Gasteiger partial charge is 0.490 e. The van der Waals surface area contributed by atoms with Crippen molar-refractivity contribution in [3.63, 3.8) is 0 Å². The minimum atomic E-state index is -5.08. The quantitative estimate of drug-likeness (QED) is 0.489. The van der Waals surface area contributed by atoms with Gasteiger partial charge in [0.2, 0.25) is 0 Å². The maximum atomic E-state index is 13.3. The van der Waals surface area contributed by atoms with E-state index in [1.54, 1.807) is 17.7 Å². The number of amides is 1. The molecular weight excluding hydrogens is 511 g/mol. The molecule has 1 amide bonds. The Morgan fingerprint density at radius 3 is 2.49 bits per heavy atom. The fraction of sp³-hybridized carbons (Fsp3) is 0.542. The van der Waals surface area contributed by atoms with Gasteiger partial charge in [-0.2, -0.15) is 13.2 Å². The third-order valence-electron chi connectivity index (χ3n) is 6.84. The topological polar surface area (TPSA) is 113 Å². The van der Waals surface area contributed by atoms with E-state index in [0.29, 0.717) is 5.69 Å². The number of halogens is 3. The van der Waals surface area contributed by atoms with Gasteiger partial charge in [-0.25, -0.2) is 14.8 Å². The van der Waals surface area contributed by atoms with Crippen LogP contribution in [0.25, 0.3) is 10.2 Å². The van der Waals surface area contributed by atoms with E-state index in [9.17, 15) is 18.0 Å². The third-order valence-corrected chi connectivity index (χ3v) is 7.74. The fourth-order valence-electron chi connectivity index (χ4n) is 4.97. The van der Waals surface area contributed by atoms with Gasteiger partial charge in [-0.05, 0) is 43.6 Å². The maximum Gasteiger partial charge on any atom is 0.490 e. The lowest BCUT2D eigenvalue weighted by Crippen LogP contribution is -2.48. The van der Waals surface area contributed by atoms with Gasteiger partial charge in [0, 0.05) is 37.2 Å². The van der Waals surface area contributed by atoms with Crippen LogP contribution in [0.3, 0.4) is 0 Å². The average molecular weight is 540 g/mol. The number of carboxylic acid groups (broad SMARTS) is 1. The first-order valence-corrected chi connectivity index (χ1v) is 12.9. The van der Waals surface area contributed by atoms with Crippen molar-refractivity contribution in [2.75, 3.05) is 24.5 Å². The Kier molecular flexibility index (Phi) is 7.72. The van der Waals surface area contributed by atoms with E-state index < -0.39 is 12.1 Å². The van der Waals surface area contributed by atoms with Crippen molar-refractivity contribution >= 4 is 39.2 Å². The summed E-state index contributed by atoms with van der Waals surface area (Å²) in [5.74, 6) is -0.727. The Balaban J connectivity index is 0.000000405. The molecule has 37 heavy (non-hydrogen) atoms. The van der Waals surface area contributed by atoms with Crippen LogP contribution in [-0.2, 0) is 4.79 Å². The number of aromatic nitrogens is 3. The molecular formula is C24H28F3N5O4S.